The number of hydrogen-bond donors (Lipinski definition) is 1. The first-order chi connectivity index (χ1) is 13.3. The summed E-state index contributed by atoms with van der Waals surface area (Å²) in [6.45, 7) is 3.65. The van der Waals surface area contributed by atoms with Crippen LogP contribution in [0, 0.1) is 13.8 Å². The third-order valence-electron chi connectivity index (χ3n) is 4.58. The summed E-state index contributed by atoms with van der Waals surface area (Å²) in [6.07, 6.45) is 1.41. The highest BCUT2D eigenvalue weighted by molar-refractivity contribution is 7.91. The Morgan fingerprint density at radius 1 is 1.07 bits per heavy atom. The first kappa shape index (κ1) is 20.2. The zero-order valence-electron chi connectivity index (χ0n) is 15.5. The number of amides is 1. The Labute approximate surface area is 169 Å². The van der Waals surface area contributed by atoms with Crippen molar-refractivity contribution in [3.8, 4) is 0 Å². The average molecular weight is 418 g/mol. The molecule has 0 saturated heterocycles. The molecule has 3 rings (SSSR count). The molecule has 146 valence electrons. The van der Waals surface area contributed by atoms with E-state index in [0.717, 1.165) is 11.1 Å². The monoisotopic (exact) mass is 417 g/mol. The molecule has 1 heterocycles. The van der Waals surface area contributed by atoms with Crippen LogP contribution in [0.3, 0.4) is 0 Å². The second-order valence-electron chi connectivity index (χ2n) is 6.52. The van der Waals surface area contributed by atoms with Crippen molar-refractivity contribution < 1.29 is 17.6 Å². The predicted octanol–water partition coefficient (Wildman–Crippen LogP) is 4.49. The van der Waals surface area contributed by atoms with E-state index in [4.69, 9.17) is 16.0 Å². The minimum atomic E-state index is -3.78. The van der Waals surface area contributed by atoms with Crippen molar-refractivity contribution in [2.75, 3.05) is 6.54 Å². The molecule has 2 aromatic carbocycles. The maximum absolute atomic E-state index is 13.3. The highest BCUT2D eigenvalue weighted by Gasteiger charge is 2.32. The van der Waals surface area contributed by atoms with E-state index in [1.807, 2.05) is 13.8 Å². The van der Waals surface area contributed by atoms with Gasteiger partial charge in [0.1, 0.15) is 11.0 Å². The van der Waals surface area contributed by atoms with Gasteiger partial charge in [0.2, 0.25) is 0 Å². The zero-order valence-corrected chi connectivity index (χ0v) is 17.0. The summed E-state index contributed by atoms with van der Waals surface area (Å²) in [7, 11) is -3.78. The Kier molecular flexibility index (Phi) is 5.91. The number of hydrogen-bond acceptors (Lipinski definition) is 4. The number of sulfone groups is 1. The quantitative estimate of drug-likeness (QED) is 0.640. The van der Waals surface area contributed by atoms with E-state index in [1.54, 1.807) is 48.5 Å². The minimum absolute atomic E-state index is 0.131. The van der Waals surface area contributed by atoms with Crippen LogP contribution in [0.25, 0.3) is 0 Å². The van der Waals surface area contributed by atoms with E-state index < -0.39 is 21.0 Å². The van der Waals surface area contributed by atoms with Crippen LogP contribution in [-0.2, 0) is 9.84 Å². The van der Waals surface area contributed by atoms with Gasteiger partial charge in [-0.15, -0.1) is 0 Å². The molecule has 7 heteroatoms. The van der Waals surface area contributed by atoms with Crippen molar-refractivity contribution in [2.24, 2.45) is 0 Å². The highest BCUT2D eigenvalue weighted by atomic mass is 35.5. The molecule has 1 amide bonds. The fraction of sp³-hybridized carbons (Fsp3) is 0.190. The number of furan rings is 1. The largest absolute Gasteiger partial charge is 0.468 e. The van der Waals surface area contributed by atoms with Crippen LogP contribution in [0.5, 0.6) is 0 Å². The Bertz CT molecular complexity index is 1090. The lowest BCUT2D eigenvalue weighted by atomic mass is 10.1. The molecule has 28 heavy (non-hydrogen) atoms. The van der Waals surface area contributed by atoms with E-state index in [1.165, 1.54) is 12.3 Å². The summed E-state index contributed by atoms with van der Waals surface area (Å²) < 4.78 is 31.9. The van der Waals surface area contributed by atoms with Gasteiger partial charge in [0.05, 0.1) is 11.2 Å². The van der Waals surface area contributed by atoms with Crippen LogP contribution in [0.2, 0.25) is 5.02 Å². The predicted molar refractivity (Wildman–Crippen MR) is 108 cm³/mol. The third-order valence-corrected chi connectivity index (χ3v) is 6.87. The zero-order chi connectivity index (χ0) is 20.3. The molecule has 1 atom stereocenters. The topological polar surface area (TPSA) is 76.4 Å². The summed E-state index contributed by atoms with van der Waals surface area (Å²) in [5.41, 5.74) is 2.24. The van der Waals surface area contributed by atoms with Crippen molar-refractivity contribution in [1.82, 2.24) is 5.32 Å². The summed E-state index contributed by atoms with van der Waals surface area (Å²) in [5, 5.41) is 2.06. The number of aryl methyl sites for hydroxylation is 2. The molecule has 0 fully saturated rings. The smallest absolute Gasteiger partial charge is 0.251 e. The first-order valence-corrected chi connectivity index (χ1v) is 10.6. The molecular weight excluding hydrogens is 398 g/mol. The van der Waals surface area contributed by atoms with Crippen molar-refractivity contribution in [2.45, 2.75) is 24.0 Å². The number of rotatable bonds is 6. The van der Waals surface area contributed by atoms with Gasteiger partial charge < -0.3 is 9.73 Å². The Morgan fingerprint density at radius 3 is 2.50 bits per heavy atom. The molecule has 0 bridgehead atoms. The van der Waals surface area contributed by atoms with Crippen LogP contribution in [0.15, 0.2) is 70.2 Å². The highest BCUT2D eigenvalue weighted by Crippen LogP contribution is 2.30. The van der Waals surface area contributed by atoms with Crippen LogP contribution in [0.1, 0.15) is 32.5 Å². The summed E-state index contributed by atoms with van der Waals surface area (Å²) >= 11 is 5.92. The van der Waals surface area contributed by atoms with Gasteiger partial charge >= 0.3 is 0 Å². The molecule has 0 spiro atoms. The lowest BCUT2D eigenvalue weighted by molar-refractivity contribution is 0.0953. The molecule has 1 N–H and O–H groups in total. The minimum Gasteiger partial charge on any atom is -0.468 e. The van der Waals surface area contributed by atoms with E-state index >= 15 is 0 Å². The molecule has 1 aromatic heterocycles. The maximum Gasteiger partial charge on any atom is 0.251 e. The standard InChI is InChI=1S/C21H20ClNO4S/c1-14-8-9-18(11-15(14)2)28(25,26)20(19-7-4-10-27-19)13-23-21(24)16-5-3-6-17(22)12-16/h3-12,20H,13H2,1-2H3,(H,23,24)/t20-/m1/s1. The van der Waals surface area contributed by atoms with Gasteiger partial charge in [0, 0.05) is 17.1 Å². The van der Waals surface area contributed by atoms with Gasteiger partial charge in [0.25, 0.3) is 5.91 Å². The fourth-order valence-corrected chi connectivity index (χ4v) is 4.67. The fourth-order valence-electron chi connectivity index (χ4n) is 2.81. The van der Waals surface area contributed by atoms with Gasteiger partial charge in [0.15, 0.2) is 9.84 Å². The summed E-state index contributed by atoms with van der Waals surface area (Å²) in [5.74, 6) is -0.140. The Hall–Kier alpha value is -2.57. The average Bonchev–Trinajstić information content (AvgIpc) is 3.18. The van der Waals surface area contributed by atoms with Gasteiger partial charge in [-0.3, -0.25) is 4.79 Å². The van der Waals surface area contributed by atoms with Crippen molar-refractivity contribution in [3.63, 3.8) is 0 Å². The van der Waals surface area contributed by atoms with Gasteiger partial charge in [-0.25, -0.2) is 8.42 Å². The molecule has 0 radical (unpaired) electrons. The molecule has 0 aliphatic heterocycles. The van der Waals surface area contributed by atoms with Crippen molar-refractivity contribution in [1.29, 1.82) is 0 Å². The normalized spacial score (nSPS) is 12.5. The van der Waals surface area contributed by atoms with Crippen molar-refractivity contribution in [3.05, 3.63) is 88.3 Å². The van der Waals surface area contributed by atoms with Crippen LogP contribution in [-0.4, -0.2) is 20.9 Å². The van der Waals surface area contributed by atoms with E-state index in [0.29, 0.717) is 10.6 Å². The lowest BCUT2D eigenvalue weighted by Crippen LogP contribution is -2.31. The number of carbonyl (C=O) groups excluding carboxylic acids is 1. The van der Waals surface area contributed by atoms with E-state index in [9.17, 15) is 13.2 Å². The van der Waals surface area contributed by atoms with Gasteiger partial charge in [-0.1, -0.05) is 23.7 Å². The maximum atomic E-state index is 13.3. The van der Waals surface area contributed by atoms with E-state index in [2.05, 4.69) is 5.32 Å². The molecule has 5 nitrogen and oxygen atoms in total. The SMILES string of the molecule is Cc1ccc(S(=O)(=O)[C@H](CNC(=O)c2cccc(Cl)c2)c2ccco2)cc1C. The number of halogens is 1. The lowest BCUT2D eigenvalue weighted by Gasteiger charge is -2.17. The number of carbonyl (C=O) groups is 1. The van der Waals surface area contributed by atoms with Crippen LogP contribution >= 0.6 is 11.6 Å². The second-order valence-corrected chi connectivity index (χ2v) is 9.08. The van der Waals surface area contributed by atoms with E-state index in [-0.39, 0.29) is 17.2 Å². The van der Waals surface area contributed by atoms with Gasteiger partial charge in [-0.2, -0.15) is 0 Å². The summed E-state index contributed by atoms with van der Waals surface area (Å²) in [4.78, 5) is 12.6. The molecule has 0 unspecified atom stereocenters. The third kappa shape index (κ3) is 4.29. The molecule has 0 aliphatic carbocycles. The Morgan fingerprint density at radius 2 is 1.86 bits per heavy atom. The molecule has 0 saturated carbocycles. The second kappa shape index (κ2) is 8.20. The molecular formula is C21H20ClNO4S. The van der Waals surface area contributed by atoms with Gasteiger partial charge in [-0.05, 0) is 67.4 Å². The van der Waals surface area contributed by atoms with Crippen molar-refractivity contribution >= 4 is 27.3 Å². The molecule has 0 aliphatic rings. The Balaban J connectivity index is 1.89. The summed E-state index contributed by atoms with van der Waals surface area (Å²) in [6, 6.07) is 14.7. The number of nitrogens with one attached hydrogen (secondary N) is 1. The molecule has 3 aromatic rings. The van der Waals surface area contributed by atoms with Crippen LogP contribution in [0.4, 0.5) is 0 Å². The first-order valence-electron chi connectivity index (χ1n) is 8.67. The number of benzene rings is 2. The van der Waals surface area contributed by atoms with Crippen LogP contribution < -0.4 is 5.32 Å².